The molecule has 2 aromatic carbocycles. The summed E-state index contributed by atoms with van der Waals surface area (Å²) in [6.45, 7) is 5.48. The minimum atomic E-state index is -1.04. The van der Waals surface area contributed by atoms with Crippen LogP contribution in [0.2, 0.25) is 0 Å². The van der Waals surface area contributed by atoms with Gasteiger partial charge in [-0.15, -0.1) is 0 Å². The van der Waals surface area contributed by atoms with Crippen molar-refractivity contribution in [3.63, 3.8) is 0 Å². The molecule has 2 aromatic heterocycles. The van der Waals surface area contributed by atoms with Crippen molar-refractivity contribution in [2.75, 3.05) is 25.2 Å². The van der Waals surface area contributed by atoms with E-state index in [0.29, 0.717) is 36.9 Å². The molecule has 3 amide bonds. The lowest BCUT2D eigenvalue weighted by Crippen LogP contribution is -2.43. The number of carbonyl (C=O) groups is 2. The third-order valence-electron chi connectivity index (χ3n) is 6.91. The third-order valence-corrected chi connectivity index (χ3v) is 6.91. The molecule has 0 spiro atoms. The Morgan fingerprint density at radius 1 is 0.949 bits per heavy atom. The van der Waals surface area contributed by atoms with Crippen LogP contribution in [0.5, 0.6) is 11.5 Å². The highest BCUT2D eigenvalue weighted by Gasteiger charge is 2.52. The summed E-state index contributed by atoms with van der Waals surface area (Å²) >= 11 is 0. The van der Waals surface area contributed by atoms with Gasteiger partial charge in [0.05, 0.1) is 18.3 Å². The molecule has 4 aromatic rings. The molecule has 0 saturated carbocycles. The number of methoxy groups -OCH3 is 1. The van der Waals surface area contributed by atoms with Gasteiger partial charge in [0.1, 0.15) is 12.1 Å². The molecular weight excluding hydrogens is 494 g/mol. The molecule has 1 N–H and O–H groups in total. The van der Waals surface area contributed by atoms with Gasteiger partial charge in [-0.05, 0) is 61.4 Å². The molecule has 0 aliphatic carbocycles. The average molecular weight is 526 g/mol. The van der Waals surface area contributed by atoms with Crippen LogP contribution < -0.4 is 19.7 Å². The van der Waals surface area contributed by atoms with Crippen molar-refractivity contribution in [3.05, 3.63) is 90.4 Å². The molecule has 39 heavy (non-hydrogen) atoms. The first-order valence-corrected chi connectivity index (χ1v) is 12.8. The number of hydrogen-bond acceptors (Lipinski definition) is 7. The first-order chi connectivity index (χ1) is 18.9. The van der Waals surface area contributed by atoms with Crippen LogP contribution in [0, 0.1) is 0 Å². The fourth-order valence-electron chi connectivity index (χ4n) is 4.68. The highest BCUT2D eigenvalue weighted by Crippen LogP contribution is 2.38. The lowest BCUT2D eigenvalue weighted by molar-refractivity contribution is -0.123. The molecule has 0 unspecified atom stereocenters. The van der Waals surface area contributed by atoms with Gasteiger partial charge in [0.25, 0.3) is 5.91 Å². The maximum atomic E-state index is 13.7. The summed E-state index contributed by atoms with van der Waals surface area (Å²) < 4.78 is 11.5. The number of carbonyl (C=O) groups excluding carboxylic acids is 2. The second-order valence-electron chi connectivity index (χ2n) is 9.77. The molecule has 1 fully saturated rings. The van der Waals surface area contributed by atoms with E-state index in [1.165, 1.54) is 4.90 Å². The number of para-hydroxylation sites is 1. The number of benzene rings is 2. The van der Waals surface area contributed by atoms with Crippen molar-refractivity contribution < 1.29 is 19.1 Å². The van der Waals surface area contributed by atoms with Crippen molar-refractivity contribution in [2.24, 2.45) is 0 Å². The van der Waals surface area contributed by atoms with Gasteiger partial charge >= 0.3 is 6.03 Å². The number of ether oxygens (including phenoxy) is 2. The number of fused-ring (bicyclic) bond motifs is 1. The van der Waals surface area contributed by atoms with E-state index in [4.69, 9.17) is 9.47 Å². The molecule has 9 nitrogen and oxygen atoms in total. The summed E-state index contributed by atoms with van der Waals surface area (Å²) in [4.78, 5) is 38.5. The monoisotopic (exact) mass is 525 g/mol. The number of imide groups is 1. The van der Waals surface area contributed by atoms with E-state index < -0.39 is 5.54 Å². The topological polar surface area (TPSA) is 96.9 Å². The number of nitrogens with zero attached hydrogens (tertiary/aromatic N) is 4. The number of aromatic nitrogens is 2. The van der Waals surface area contributed by atoms with E-state index in [2.05, 4.69) is 15.3 Å². The number of anilines is 1. The van der Waals surface area contributed by atoms with Crippen molar-refractivity contribution in [1.82, 2.24) is 20.2 Å². The zero-order valence-corrected chi connectivity index (χ0v) is 22.3. The second-order valence-corrected chi connectivity index (χ2v) is 9.77. The Balaban J connectivity index is 1.32. The highest BCUT2D eigenvalue weighted by molar-refractivity contribution is 6.23. The predicted molar refractivity (Wildman–Crippen MR) is 149 cm³/mol. The molecule has 5 rings (SSSR count). The lowest BCUT2D eigenvalue weighted by atomic mass is 10.0. The molecule has 0 radical (unpaired) electrons. The highest BCUT2D eigenvalue weighted by atomic mass is 16.5. The lowest BCUT2D eigenvalue weighted by Gasteiger charge is -2.28. The van der Waals surface area contributed by atoms with Crippen LogP contribution >= 0.6 is 0 Å². The molecule has 1 saturated heterocycles. The minimum Gasteiger partial charge on any atom is -0.493 e. The Hall–Kier alpha value is -4.50. The molecule has 1 aliphatic heterocycles. The van der Waals surface area contributed by atoms with E-state index in [1.54, 1.807) is 62.6 Å². The Morgan fingerprint density at radius 2 is 1.74 bits per heavy atom. The van der Waals surface area contributed by atoms with Gasteiger partial charge in [-0.2, -0.15) is 0 Å². The summed E-state index contributed by atoms with van der Waals surface area (Å²) in [6, 6.07) is 18.3. The summed E-state index contributed by atoms with van der Waals surface area (Å²) in [7, 11) is 1.56. The molecule has 0 atom stereocenters. The number of urea groups is 1. The van der Waals surface area contributed by atoms with Crippen LogP contribution in [0.3, 0.4) is 0 Å². The number of nitrogens with one attached hydrogen (secondary N) is 1. The number of rotatable bonds is 10. The van der Waals surface area contributed by atoms with Crippen LogP contribution in [-0.2, 0) is 17.9 Å². The van der Waals surface area contributed by atoms with Crippen molar-refractivity contribution in [3.8, 4) is 11.5 Å². The van der Waals surface area contributed by atoms with Gasteiger partial charge in [-0.1, -0.05) is 18.2 Å². The fourth-order valence-corrected chi connectivity index (χ4v) is 4.68. The zero-order chi connectivity index (χ0) is 27.4. The van der Waals surface area contributed by atoms with Crippen LogP contribution in [0.4, 0.5) is 10.5 Å². The Kier molecular flexibility index (Phi) is 7.42. The van der Waals surface area contributed by atoms with Crippen molar-refractivity contribution >= 4 is 28.5 Å². The Labute approximate surface area is 227 Å². The predicted octanol–water partition coefficient (Wildman–Crippen LogP) is 4.55. The third kappa shape index (κ3) is 5.26. The number of hydrogen-bond donors (Lipinski definition) is 1. The molecule has 0 bridgehead atoms. The smallest absolute Gasteiger partial charge is 0.332 e. The van der Waals surface area contributed by atoms with Crippen molar-refractivity contribution in [2.45, 2.75) is 32.5 Å². The zero-order valence-electron chi connectivity index (χ0n) is 22.3. The van der Waals surface area contributed by atoms with Crippen LogP contribution in [-0.4, -0.2) is 52.6 Å². The van der Waals surface area contributed by atoms with E-state index in [9.17, 15) is 9.59 Å². The summed E-state index contributed by atoms with van der Waals surface area (Å²) in [6.07, 6.45) is 5.24. The fraction of sp³-hybridized carbons (Fsp3) is 0.267. The van der Waals surface area contributed by atoms with Crippen LogP contribution in [0.1, 0.15) is 25.0 Å². The first-order valence-electron chi connectivity index (χ1n) is 12.8. The largest absolute Gasteiger partial charge is 0.493 e. The minimum absolute atomic E-state index is 0.278. The Morgan fingerprint density at radius 3 is 2.54 bits per heavy atom. The molecule has 9 heteroatoms. The molecule has 200 valence electrons. The molecule has 1 aliphatic rings. The molecular formula is C30H31N5O4. The average Bonchev–Trinajstić information content (AvgIpc) is 3.12. The summed E-state index contributed by atoms with van der Waals surface area (Å²) in [5.74, 6) is 0.671. The van der Waals surface area contributed by atoms with Gasteiger partial charge in [0, 0.05) is 49.7 Å². The quantitative estimate of drug-likeness (QED) is 0.240. The summed E-state index contributed by atoms with van der Waals surface area (Å²) in [5, 5.41) is 4.27. The van der Waals surface area contributed by atoms with Gasteiger partial charge < -0.3 is 19.7 Å². The van der Waals surface area contributed by atoms with Crippen LogP contribution in [0.25, 0.3) is 10.9 Å². The van der Waals surface area contributed by atoms with Gasteiger partial charge in [-0.25, -0.2) is 9.69 Å². The van der Waals surface area contributed by atoms with Gasteiger partial charge in [0.15, 0.2) is 11.5 Å². The molecule has 3 heterocycles. The SMILES string of the molecule is COc1ccc(N2C(=O)N(Cc3ccnc4ccccc34)C(C)(C)C2=O)cc1OCCNCc1ccncc1. The van der Waals surface area contributed by atoms with E-state index in [0.717, 1.165) is 22.0 Å². The Bertz CT molecular complexity index is 1490. The standard InChI is InChI=1S/C30H31N5O4/c1-30(2)28(36)35(29(37)34(30)20-22-12-15-33-25-7-5-4-6-24(22)25)23-8-9-26(38-3)27(18-23)39-17-16-32-19-21-10-13-31-14-11-21/h4-15,18,32H,16-17,19-20H2,1-3H3. The number of amides is 3. The maximum Gasteiger partial charge on any atom is 0.332 e. The van der Waals surface area contributed by atoms with E-state index in [-0.39, 0.29) is 18.5 Å². The normalized spacial score (nSPS) is 14.7. The maximum absolute atomic E-state index is 13.7. The van der Waals surface area contributed by atoms with Gasteiger partial charge in [-0.3, -0.25) is 14.8 Å². The van der Waals surface area contributed by atoms with Crippen LogP contribution in [0.15, 0.2) is 79.3 Å². The van der Waals surface area contributed by atoms with Gasteiger partial charge in [0.2, 0.25) is 0 Å². The number of pyridine rings is 2. The first kappa shape index (κ1) is 26.1. The second kappa shape index (κ2) is 11.1. The van der Waals surface area contributed by atoms with Crippen molar-refractivity contribution in [1.29, 1.82) is 0 Å². The van der Waals surface area contributed by atoms with E-state index in [1.807, 2.05) is 42.5 Å². The summed E-state index contributed by atoms with van der Waals surface area (Å²) in [5.41, 5.74) is 2.28. The van der Waals surface area contributed by atoms with E-state index >= 15 is 0 Å².